The summed E-state index contributed by atoms with van der Waals surface area (Å²) in [5.41, 5.74) is 5.20. The van der Waals surface area contributed by atoms with Crippen LogP contribution in [0.15, 0.2) is 79.0 Å². The first-order valence-electron chi connectivity index (χ1n) is 10.6. The molecule has 31 heavy (non-hydrogen) atoms. The highest BCUT2D eigenvalue weighted by atomic mass is 16.3. The van der Waals surface area contributed by atoms with Crippen LogP contribution in [0.1, 0.15) is 0 Å². The van der Waals surface area contributed by atoms with Crippen molar-refractivity contribution in [3.63, 3.8) is 0 Å². The normalized spacial score (nSPS) is 14.4. The Morgan fingerprint density at radius 3 is 2.45 bits per heavy atom. The third-order valence-corrected chi connectivity index (χ3v) is 5.58. The summed E-state index contributed by atoms with van der Waals surface area (Å²) in [4.78, 5) is 11.5. The van der Waals surface area contributed by atoms with E-state index in [1.807, 2.05) is 48.7 Å². The molecule has 0 aliphatic carbocycles. The van der Waals surface area contributed by atoms with Crippen molar-refractivity contribution in [1.29, 1.82) is 0 Å². The number of hydrogen-bond acceptors (Lipinski definition) is 6. The number of para-hydroxylation sites is 1. The van der Waals surface area contributed by atoms with Gasteiger partial charge in [-0.2, -0.15) is 0 Å². The van der Waals surface area contributed by atoms with Gasteiger partial charge in [0.15, 0.2) is 0 Å². The lowest BCUT2D eigenvalue weighted by Crippen LogP contribution is -2.55. The maximum absolute atomic E-state index is 8.98. The molecule has 4 aromatic rings. The summed E-state index contributed by atoms with van der Waals surface area (Å²) in [7, 11) is 0. The highest BCUT2D eigenvalue weighted by molar-refractivity contribution is 5.93. The third kappa shape index (κ3) is 4.35. The topological polar surface area (TPSA) is 73.3 Å². The number of nitrogens with zero attached hydrogens (tertiary/aromatic N) is 3. The van der Waals surface area contributed by atoms with Crippen LogP contribution in [0.3, 0.4) is 0 Å². The summed E-state index contributed by atoms with van der Waals surface area (Å²) >= 11 is 0. The summed E-state index contributed by atoms with van der Waals surface area (Å²) < 4.78 is 0. The summed E-state index contributed by atoms with van der Waals surface area (Å²) in [6.07, 6.45) is 1.86. The molecule has 1 aliphatic rings. The molecule has 6 heteroatoms. The molecular formula is C25H25N5O. The van der Waals surface area contributed by atoms with Crippen molar-refractivity contribution in [1.82, 2.24) is 14.9 Å². The van der Waals surface area contributed by atoms with Gasteiger partial charge in [0.05, 0.1) is 18.2 Å². The van der Waals surface area contributed by atoms with Crippen LogP contribution in [0.2, 0.25) is 0 Å². The summed E-state index contributed by atoms with van der Waals surface area (Å²) in [6, 6.07) is 25.1. The second-order valence-corrected chi connectivity index (χ2v) is 7.83. The highest BCUT2D eigenvalue weighted by Crippen LogP contribution is 2.28. The lowest BCUT2D eigenvalue weighted by Gasteiger charge is -2.39. The zero-order valence-electron chi connectivity index (χ0n) is 17.2. The maximum Gasteiger partial charge on any atom is 0.227 e. The number of nitrogens with one attached hydrogen (secondary N) is 2. The van der Waals surface area contributed by atoms with Crippen LogP contribution in [0, 0.1) is 0 Å². The molecule has 156 valence electrons. The van der Waals surface area contributed by atoms with Crippen LogP contribution < -0.4 is 10.6 Å². The average Bonchev–Trinajstić information content (AvgIpc) is 2.79. The number of β-amino-alcohol motifs (C(OH)–C–C–N with tert-alkyl or cyclic N) is 1. The molecule has 0 saturated carbocycles. The Morgan fingerprint density at radius 1 is 0.903 bits per heavy atom. The van der Waals surface area contributed by atoms with Crippen molar-refractivity contribution in [3.05, 3.63) is 79.0 Å². The van der Waals surface area contributed by atoms with E-state index in [9.17, 15) is 0 Å². The number of hydrogen-bond donors (Lipinski definition) is 3. The second-order valence-electron chi connectivity index (χ2n) is 7.83. The molecule has 3 aromatic carbocycles. The predicted octanol–water partition coefficient (Wildman–Crippen LogP) is 4.13. The van der Waals surface area contributed by atoms with Crippen molar-refractivity contribution in [2.45, 2.75) is 6.04 Å². The van der Waals surface area contributed by atoms with Crippen LogP contribution in [0.4, 0.5) is 17.3 Å². The van der Waals surface area contributed by atoms with Gasteiger partial charge in [-0.3, -0.25) is 4.90 Å². The van der Waals surface area contributed by atoms with Gasteiger partial charge in [0.1, 0.15) is 0 Å². The zero-order chi connectivity index (χ0) is 21.0. The second kappa shape index (κ2) is 8.71. The number of anilines is 3. The first-order valence-corrected chi connectivity index (χ1v) is 10.6. The smallest absolute Gasteiger partial charge is 0.227 e. The van der Waals surface area contributed by atoms with E-state index in [0.717, 1.165) is 53.0 Å². The van der Waals surface area contributed by atoms with E-state index in [4.69, 9.17) is 10.1 Å². The first-order chi connectivity index (χ1) is 15.3. The number of aliphatic hydroxyl groups is 1. The number of rotatable bonds is 7. The fourth-order valence-electron chi connectivity index (χ4n) is 3.97. The van der Waals surface area contributed by atoms with Crippen molar-refractivity contribution < 1.29 is 5.11 Å². The number of aromatic nitrogens is 2. The monoisotopic (exact) mass is 411 g/mol. The Balaban J connectivity index is 1.30. The summed E-state index contributed by atoms with van der Waals surface area (Å²) in [5, 5.41) is 16.8. The Morgan fingerprint density at radius 2 is 1.68 bits per heavy atom. The van der Waals surface area contributed by atoms with E-state index in [0.29, 0.717) is 12.0 Å². The molecule has 1 saturated heterocycles. The average molecular weight is 412 g/mol. The van der Waals surface area contributed by atoms with Gasteiger partial charge in [-0.1, -0.05) is 48.5 Å². The molecular weight excluding hydrogens is 386 g/mol. The van der Waals surface area contributed by atoms with Gasteiger partial charge >= 0.3 is 0 Å². The maximum atomic E-state index is 8.98. The summed E-state index contributed by atoms with van der Waals surface area (Å²) in [6.45, 7) is 2.90. The minimum absolute atomic E-state index is 0.219. The lowest BCUT2D eigenvalue weighted by molar-refractivity contribution is 0.125. The molecule has 1 fully saturated rings. The fourth-order valence-corrected chi connectivity index (χ4v) is 3.97. The van der Waals surface area contributed by atoms with Crippen LogP contribution in [-0.2, 0) is 0 Å². The largest absolute Gasteiger partial charge is 0.395 e. The van der Waals surface area contributed by atoms with Gasteiger partial charge in [-0.25, -0.2) is 9.97 Å². The predicted molar refractivity (Wildman–Crippen MR) is 126 cm³/mol. The van der Waals surface area contributed by atoms with Crippen LogP contribution >= 0.6 is 0 Å². The van der Waals surface area contributed by atoms with E-state index in [-0.39, 0.29) is 6.61 Å². The van der Waals surface area contributed by atoms with Crippen molar-refractivity contribution in [3.8, 4) is 11.1 Å². The number of fused-ring (bicyclic) bond motifs is 1. The van der Waals surface area contributed by atoms with Gasteiger partial charge in [0, 0.05) is 48.2 Å². The van der Waals surface area contributed by atoms with E-state index in [2.05, 4.69) is 50.8 Å². The van der Waals surface area contributed by atoms with Crippen LogP contribution in [0.25, 0.3) is 22.0 Å². The van der Waals surface area contributed by atoms with E-state index >= 15 is 0 Å². The lowest BCUT2D eigenvalue weighted by atomic mass is 10.0. The van der Waals surface area contributed by atoms with Gasteiger partial charge in [0.25, 0.3) is 0 Å². The third-order valence-electron chi connectivity index (χ3n) is 5.58. The van der Waals surface area contributed by atoms with Gasteiger partial charge in [-0.15, -0.1) is 0 Å². The van der Waals surface area contributed by atoms with E-state index in [1.165, 1.54) is 0 Å². The van der Waals surface area contributed by atoms with Crippen LogP contribution in [-0.4, -0.2) is 52.3 Å². The Kier molecular flexibility index (Phi) is 5.48. The molecule has 0 radical (unpaired) electrons. The first kappa shape index (κ1) is 19.5. The van der Waals surface area contributed by atoms with E-state index < -0.39 is 0 Å². The standard InChI is InChI=1S/C25H25N5O/c31-14-13-30-16-22(17-30)27-20-9-11-21(12-10-20)28-25-26-15-19-7-4-8-23(24(19)29-25)18-5-2-1-3-6-18/h1-12,15,22,27,31H,13-14,16-17H2,(H,26,28,29). The number of benzene rings is 3. The Bertz CT molecular complexity index is 1160. The quantitative estimate of drug-likeness (QED) is 0.425. The SMILES string of the molecule is OCCN1CC(Nc2ccc(Nc3ncc4cccc(-c5ccccc5)c4n3)cc2)C1. The Hall–Kier alpha value is -3.48. The van der Waals surface area contributed by atoms with Crippen molar-refractivity contribution in [2.24, 2.45) is 0 Å². The van der Waals surface area contributed by atoms with Crippen molar-refractivity contribution in [2.75, 3.05) is 36.9 Å². The fraction of sp³-hybridized carbons (Fsp3) is 0.200. The molecule has 3 N–H and O–H groups in total. The molecule has 5 rings (SSSR count). The molecule has 0 bridgehead atoms. The van der Waals surface area contributed by atoms with E-state index in [1.54, 1.807) is 0 Å². The van der Waals surface area contributed by atoms with Gasteiger partial charge in [-0.05, 0) is 29.8 Å². The highest BCUT2D eigenvalue weighted by Gasteiger charge is 2.25. The molecule has 0 atom stereocenters. The zero-order valence-corrected chi connectivity index (χ0v) is 17.2. The number of likely N-dealkylation sites (tertiary alicyclic amines) is 1. The Labute approximate surface area is 181 Å². The molecule has 1 aliphatic heterocycles. The molecule has 2 heterocycles. The molecule has 0 unspecified atom stereocenters. The van der Waals surface area contributed by atoms with Crippen molar-refractivity contribution >= 4 is 28.2 Å². The van der Waals surface area contributed by atoms with Gasteiger partial charge in [0.2, 0.25) is 5.95 Å². The molecule has 1 aromatic heterocycles. The molecule has 6 nitrogen and oxygen atoms in total. The molecule has 0 amide bonds. The minimum Gasteiger partial charge on any atom is -0.395 e. The van der Waals surface area contributed by atoms with Gasteiger partial charge < -0.3 is 15.7 Å². The molecule has 0 spiro atoms. The van der Waals surface area contributed by atoms with Crippen LogP contribution in [0.5, 0.6) is 0 Å². The minimum atomic E-state index is 0.219. The summed E-state index contributed by atoms with van der Waals surface area (Å²) in [5.74, 6) is 0.579. The number of aliphatic hydroxyl groups excluding tert-OH is 1.